The number of hydrogen-bond donors (Lipinski definition) is 1. The van der Waals surface area contributed by atoms with Crippen LogP contribution in [0.2, 0.25) is 0 Å². The number of benzene rings is 1. The maximum absolute atomic E-state index is 11.8. The third-order valence-corrected chi connectivity index (χ3v) is 3.26. The molecule has 86 valence electrons. The van der Waals surface area contributed by atoms with E-state index in [-0.39, 0.29) is 11.5 Å². The van der Waals surface area contributed by atoms with Crippen LogP contribution in [-0.2, 0) is 0 Å². The second kappa shape index (κ2) is 4.97. The van der Waals surface area contributed by atoms with E-state index in [0.29, 0.717) is 5.56 Å². The van der Waals surface area contributed by atoms with E-state index in [4.69, 9.17) is 0 Å². The minimum absolute atomic E-state index is 0.105. The van der Waals surface area contributed by atoms with Crippen LogP contribution in [-0.4, -0.2) is 10.9 Å². The first kappa shape index (κ1) is 11.6. The molecule has 2 nitrogen and oxygen atoms in total. The highest BCUT2D eigenvalue weighted by atomic mass is 32.1. The van der Waals surface area contributed by atoms with Crippen molar-refractivity contribution in [3.05, 3.63) is 57.8 Å². The van der Waals surface area contributed by atoms with E-state index >= 15 is 0 Å². The van der Waals surface area contributed by atoms with Gasteiger partial charge in [-0.2, -0.15) is 0 Å². The summed E-state index contributed by atoms with van der Waals surface area (Å²) in [4.78, 5) is 14.1. The van der Waals surface area contributed by atoms with Gasteiger partial charge in [0.2, 0.25) is 0 Å². The third-order valence-electron chi connectivity index (χ3n) is 2.29. The molecule has 1 aromatic carbocycles. The molecule has 0 spiro atoms. The summed E-state index contributed by atoms with van der Waals surface area (Å²) in [5, 5.41) is 9.28. The number of allylic oxidation sites excluding steroid dienone is 1. The van der Waals surface area contributed by atoms with Crippen molar-refractivity contribution in [1.82, 2.24) is 0 Å². The highest BCUT2D eigenvalue weighted by molar-refractivity contribution is 7.12. The standard InChI is InChI=1S/C14H12O2S/c1-10-5-6-13(17-10)7-8-14(16)11-3-2-4-12(15)9-11/h2-9,15H,1H3/b8-7+. The summed E-state index contributed by atoms with van der Waals surface area (Å²) in [7, 11) is 0. The minimum Gasteiger partial charge on any atom is -0.508 e. The molecular formula is C14H12O2S. The molecule has 0 saturated carbocycles. The monoisotopic (exact) mass is 244 g/mol. The molecule has 0 fully saturated rings. The second-order valence-corrected chi connectivity index (χ2v) is 5.02. The fourth-order valence-corrected chi connectivity index (χ4v) is 2.24. The van der Waals surface area contributed by atoms with Crippen molar-refractivity contribution in [3.8, 4) is 5.75 Å². The molecule has 0 atom stereocenters. The Kier molecular flexibility index (Phi) is 3.40. The molecule has 2 aromatic rings. The van der Waals surface area contributed by atoms with Gasteiger partial charge in [0.25, 0.3) is 0 Å². The predicted molar refractivity (Wildman–Crippen MR) is 70.5 cm³/mol. The molecule has 1 N–H and O–H groups in total. The Bertz CT molecular complexity index is 567. The van der Waals surface area contributed by atoms with Crippen LogP contribution in [0.15, 0.2) is 42.5 Å². The molecule has 0 aliphatic rings. The summed E-state index contributed by atoms with van der Waals surface area (Å²) in [6.45, 7) is 2.03. The SMILES string of the molecule is Cc1ccc(/C=C/C(=O)c2cccc(O)c2)s1. The Morgan fingerprint density at radius 3 is 2.76 bits per heavy atom. The number of carbonyl (C=O) groups excluding carboxylic acids is 1. The van der Waals surface area contributed by atoms with E-state index in [1.807, 2.05) is 19.1 Å². The van der Waals surface area contributed by atoms with Gasteiger partial charge in [0, 0.05) is 15.3 Å². The van der Waals surface area contributed by atoms with Crippen molar-refractivity contribution in [3.63, 3.8) is 0 Å². The number of carbonyl (C=O) groups is 1. The fraction of sp³-hybridized carbons (Fsp3) is 0.0714. The lowest BCUT2D eigenvalue weighted by atomic mass is 10.1. The molecule has 0 aliphatic heterocycles. The van der Waals surface area contributed by atoms with Gasteiger partial charge in [-0.25, -0.2) is 0 Å². The van der Waals surface area contributed by atoms with Gasteiger partial charge in [-0.15, -0.1) is 11.3 Å². The number of hydrogen-bond acceptors (Lipinski definition) is 3. The molecule has 0 aliphatic carbocycles. The van der Waals surface area contributed by atoms with Crippen molar-refractivity contribution in [2.24, 2.45) is 0 Å². The molecule has 2 rings (SSSR count). The third kappa shape index (κ3) is 3.04. The summed E-state index contributed by atoms with van der Waals surface area (Å²) in [6.07, 6.45) is 3.32. The van der Waals surface area contributed by atoms with Crippen LogP contribution in [0.5, 0.6) is 5.75 Å². The van der Waals surface area contributed by atoms with Crippen molar-refractivity contribution in [2.75, 3.05) is 0 Å². The van der Waals surface area contributed by atoms with E-state index < -0.39 is 0 Å². The number of phenols is 1. The molecule has 0 radical (unpaired) electrons. The average molecular weight is 244 g/mol. The van der Waals surface area contributed by atoms with E-state index in [1.54, 1.807) is 35.6 Å². The van der Waals surface area contributed by atoms with Gasteiger partial charge >= 0.3 is 0 Å². The number of aromatic hydroxyl groups is 1. The van der Waals surface area contributed by atoms with Gasteiger partial charge in [-0.05, 0) is 43.3 Å². The van der Waals surface area contributed by atoms with E-state index in [1.165, 1.54) is 17.0 Å². The molecule has 0 saturated heterocycles. The zero-order valence-electron chi connectivity index (χ0n) is 9.38. The molecule has 0 bridgehead atoms. The van der Waals surface area contributed by atoms with E-state index in [0.717, 1.165) is 4.88 Å². The van der Waals surface area contributed by atoms with Crippen molar-refractivity contribution in [1.29, 1.82) is 0 Å². The molecular weight excluding hydrogens is 232 g/mol. The Morgan fingerprint density at radius 1 is 1.29 bits per heavy atom. The van der Waals surface area contributed by atoms with Crippen LogP contribution >= 0.6 is 11.3 Å². The first-order valence-corrected chi connectivity index (χ1v) is 6.05. The van der Waals surface area contributed by atoms with E-state index in [2.05, 4.69) is 0 Å². The zero-order valence-corrected chi connectivity index (χ0v) is 10.2. The molecule has 3 heteroatoms. The lowest BCUT2D eigenvalue weighted by molar-refractivity contribution is 0.104. The van der Waals surface area contributed by atoms with Crippen molar-refractivity contribution in [2.45, 2.75) is 6.92 Å². The summed E-state index contributed by atoms with van der Waals surface area (Å²) in [6, 6.07) is 10.3. The lowest BCUT2D eigenvalue weighted by Crippen LogP contribution is -1.92. The van der Waals surface area contributed by atoms with Crippen LogP contribution in [0.25, 0.3) is 6.08 Å². The maximum Gasteiger partial charge on any atom is 0.186 e. The average Bonchev–Trinajstić information content (AvgIpc) is 2.72. The number of rotatable bonds is 3. The summed E-state index contributed by atoms with van der Waals surface area (Å²) in [5.74, 6) is 0.00294. The van der Waals surface area contributed by atoms with Gasteiger partial charge < -0.3 is 5.11 Å². The van der Waals surface area contributed by atoms with Crippen LogP contribution in [0.4, 0.5) is 0 Å². The quantitative estimate of drug-likeness (QED) is 0.661. The Balaban J connectivity index is 2.14. The number of thiophene rings is 1. The maximum atomic E-state index is 11.8. The molecule has 0 amide bonds. The van der Waals surface area contributed by atoms with Crippen LogP contribution < -0.4 is 0 Å². The van der Waals surface area contributed by atoms with Crippen molar-refractivity contribution >= 4 is 23.2 Å². The lowest BCUT2D eigenvalue weighted by Gasteiger charge is -1.96. The number of aryl methyl sites for hydroxylation is 1. The molecule has 0 unspecified atom stereocenters. The van der Waals surface area contributed by atoms with Crippen LogP contribution in [0, 0.1) is 6.92 Å². The van der Waals surface area contributed by atoms with Crippen molar-refractivity contribution < 1.29 is 9.90 Å². The smallest absolute Gasteiger partial charge is 0.186 e. The van der Waals surface area contributed by atoms with E-state index in [9.17, 15) is 9.90 Å². The molecule has 17 heavy (non-hydrogen) atoms. The first-order valence-electron chi connectivity index (χ1n) is 5.23. The largest absolute Gasteiger partial charge is 0.508 e. The molecule has 1 aromatic heterocycles. The molecule has 1 heterocycles. The highest BCUT2D eigenvalue weighted by Gasteiger charge is 2.02. The van der Waals surface area contributed by atoms with Crippen LogP contribution in [0.1, 0.15) is 20.1 Å². The van der Waals surface area contributed by atoms with Gasteiger partial charge in [0.1, 0.15) is 5.75 Å². The van der Waals surface area contributed by atoms with Gasteiger partial charge in [0.05, 0.1) is 0 Å². The van der Waals surface area contributed by atoms with Crippen LogP contribution in [0.3, 0.4) is 0 Å². The Morgan fingerprint density at radius 2 is 2.12 bits per heavy atom. The fourth-order valence-electron chi connectivity index (χ4n) is 1.46. The topological polar surface area (TPSA) is 37.3 Å². The highest BCUT2D eigenvalue weighted by Crippen LogP contribution is 2.17. The second-order valence-electron chi connectivity index (χ2n) is 3.70. The number of ketones is 1. The summed E-state index contributed by atoms with van der Waals surface area (Å²) >= 11 is 1.64. The van der Waals surface area contributed by atoms with Gasteiger partial charge in [-0.3, -0.25) is 4.79 Å². The Hall–Kier alpha value is -1.87. The normalized spacial score (nSPS) is 10.9. The summed E-state index contributed by atoms with van der Waals surface area (Å²) < 4.78 is 0. The first-order chi connectivity index (χ1) is 8.15. The number of phenolic OH excluding ortho intramolecular Hbond substituents is 1. The predicted octanol–water partition coefficient (Wildman–Crippen LogP) is 3.66. The van der Waals surface area contributed by atoms with Gasteiger partial charge in [0.15, 0.2) is 5.78 Å². The summed E-state index contributed by atoms with van der Waals surface area (Å²) in [5.41, 5.74) is 0.495. The van der Waals surface area contributed by atoms with Gasteiger partial charge in [-0.1, -0.05) is 12.1 Å². The zero-order chi connectivity index (χ0) is 12.3. The Labute approximate surface area is 104 Å². The minimum atomic E-state index is -0.105.